The van der Waals surface area contributed by atoms with E-state index in [-0.39, 0.29) is 17.7 Å². The molecule has 2 aromatic rings. The first kappa shape index (κ1) is 12.8. The summed E-state index contributed by atoms with van der Waals surface area (Å²) in [6.07, 6.45) is 3.83. The molecule has 0 bridgehead atoms. The lowest BCUT2D eigenvalue weighted by atomic mass is 10.1. The summed E-state index contributed by atoms with van der Waals surface area (Å²) in [4.78, 5) is 7.96. The van der Waals surface area contributed by atoms with Crippen LogP contribution < -0.4 is 11.1 Å². The first-order valence-corrected chi connectivity index (χ1v) is 6.83. The summed E-state index contributed by atoms with van der Waals surface area (Å²) >= 11 is 0. The highest BCUT2D eigenvalue weighted by Gasteiger charge is 2.24. The van der Waals surface area contributed by atoms with Gasteiger partial charge in [-0.3, -0.25) is 0 Å². The molecule has 1 aromatic heterocycles. The molecule has 0 amide bonds. The second-order valence-corrected chi connectivity index (χ2v) is 5.03. The molecule has 1 atom stereocenters. The van der Waals surface area contributed by atoms with Crippen LogP contribution in [0.1, 0.15) is 36.2 Å². The number of anilines is 2. The van der Waals surface area contributed by atoms with Crippen molar-refractivity contribution in [2.24, 2.45) is 0 Å². The SMILES string of the molecule is CCc1ncnc(NC2CCc3cc(N)ccc32)c1F. The molecule has 0 saturated carbocycles. The van der Waals surface area contributed by atoms with E-state index in [0.29, 0.717) is 12.1 Å². The molecule has 0 spiro atoms. The Kier molecular flexibility index (Phi) is 3.26. The highest BCUT2D eigenvalue weighted by Crippen LogP contribution is 2.35. The van der Waals surface area contributed by atoms with Crippen molar-refractivity contribution in [3.05, 3.63) is 47.2 Å². The second kappa shape index (κ2) is 5.07. The smallest absolute Gasteiger partial charge is 0.186 e. The molecule has 0 fully saturated rings. The molecule has 1 heterocycles. The molecule has 0 saturated heterocycles. The van der Waals surface area contributed by atoms with Gasteiger partial charge in [0.05, 0.1) is 11.7 Å². The second-order valence-electron chi connectivity index (χ2n) is 5.03. The van der Waals surface area contributed by atoms with Gasteiger partial charge in [0.1, 0.15) is 6.33 Å². The van der Waals surface area contributed by atoms with Crippen molar-refractivity contribution in [2.45, 2.75) is 32.2 Å². The van der Waals surface area contributed by atoms with Crippen molar-refractivity contribution in [1.82, 2.24) is 9.97 Å². The monoisotopic (exact) mass is 272 g/mol. The third-order valence-electron chi connectivity index (χ3n) is 3.75. The zero-order chi connectivity index (χ0) is 14.1. The van der Waals surface area contributed by atoms with E-state index in [1.807, 2.05) is 25.1 Å². The standard InChI is InChI=1S/C15H17FN4/c1-2-12-14(16)15(19-8-18-12)20-13-6-3-9-7-10(17)4-5-11(9)13/h4-5,7-8,13H,2-3,6,17H2,1H3,(H,18,19,20). The van der Waals surface area contributed by atoms with Gasteiger partial charge in [0, 0.05) is 5.69 Å². The van der Waals surface area contributed by atoms with Gasteiger partial charge in [-0.05, 0) is 42.5 Å². The zero-order valence-electron chi connectivity index (χ0n) is 11.4. The molecule has 4 nitrogen and oxygen atoms in total. The van der Waals surface area contributed by atoms with Gasteiger partial charge in [-0.1, -0.05) is 13.0 Å². The van der Waals surface area contributed by atoms with E-state index in [2.05, 4.69) is 15.3 Å². The Morgan fingerprint density at radius 3 is 3.05 bits per heavy atom. The third kappa shape index (κ3) is 2.19. The third-order valence-corrected chi connectivity index (χ3v) is 3.75. The van der Waals surface area contributed by atoms with Crippen LogP contribution in [0.25, 0.3) is 0 Å². The Morgan fingerprint density at radius 1 is 1.40 bits per heavy atom. The molecular weight excluding hydrogens is 255 g/mol. The van der Waals surface area contributed by atoms with Gasteiger partial charge in [0.25, 0.3) is 0 Å². The predicted octanol–water partition coefficient (Wildman–Crippen LogP) is 2.86. The molecule has 3 rings (SSSR count). The van der Waals surface area contributed by atoms with Crippen LogP contribution in [0.2, 0.25) is 0 Å². The molecule has 3 N–H and O–H groups in total. The predicted molar refractivity (Wildman–Crippen MR) is 76.9 cm³/mol. The van der Waals surface area contributed by atoms with Crippen LogP contribution in [-0.4, -0.2) is 9.97 Å². The van der Waals surface area contributed by atoms with Gasteiger partial charge in [-0.15, -0.1) is 0 Å². The molecular formula is C15H17FN4. The minimum atomic E-state index is -0.348. The molecule has 1 aliphatic carbocycles. The minimum absolute atomic E-state index is 0.0831. The highest BCUT2D eigenvalue weighted by atomic mass is 19.1. The molecule has 5 heteroatoms. The Hall–Kier alpha value is -2.17. The van der Waals surface area contributed by atoms with E-state index < -0.39 is 0 Å². The van der Waals surface area contributed by atoms with E-state index in [1.54, 1.807) is 0 Å². The number of hydrogen-bond acceptors (Lipinski definition) is 4. The van der Waals surface area contributed by atoms with Crippen LogP contribution in [0, 0.1) is 5.82 Å². The Balaban J connectivity index is 1.88. The normalized spacial score (nSPS) is 17.0. The molecule has 1 aromatic carbocycles. The largest absolute Gasteiger partial charge is 0.399 e. The molecule has 1 unspecified atom stereocenters. The summed E-state index contributed by atoms with van der Waals surface area (Å²) in [5.41, 5.74) is 9.41. The van der Waals surface area contributed by atoms with Gasteiger partial charge in [0.15, 0.2) is 11.6 Å². The number of nitrogen functional groups attached to an aromatic ring is 1. The summed E-state index contributed by atoms with van der Waals surface area (Å²) < 4.78 is 14.2. The molecule has 1 aliphatic rings. The fraction of sp³-hybridized carbons (Fsp3) is 0.333. The summed E-state index contributed by atoms with van der Waals surface area (Å²) in [7, 11) is 0. The van der Waals surface area contributed by atoms with E-state index in [4.69, 9.17) is 5.73 Å². The minimum Gasteiger partial charge on any atom is -0.399 e. The van der Waals surface area contributed by atoms with Gasteiger partial charge < -0.3 is 11.1 Å². The first-order chi connectivity index (χ1) is 9.69. The number of nitrogens with zero attached hydrogens (tertiary/aromatic N) is 2. The summed E-state index contributed by atoms with van der Waals surface area (Å²) in [5, 5.41) is 3.19. The molecule has 104 valence electrons. The van der Waals surface area contributed by atoms with Crippen molar-refractivity contribution in [1.29, 1.82) is 0 Å². The quantitative estimate of drug-likeness (QED) is 0.843. The number of benzene rings is 1. The van der Waals surface area contributed by atoms with Crippen molar-refractivity contribution in [2.75, 3.05) is 11.1 Å². The number of aromatic nitrogens is 2. The van der Waals surface area contributed by atoms with E-state index in [9.17, 15) is 4.39 Å². The first-order valence-electron chi connectivity index (χ1n) is 6.83. The zero-order valence-corrected chi connectivity index (χ0v) is 11.4. The van der Waals surface area contributed by atoms with E-state index >= 15 is 0 Å². The number of hydrogen-bond donors (Lipinski definition) is 2. The van der Waals surface area contributed by atoms with Crippen molar-refractivity contribution in [3.8, 4) is 0 Å². The maximum atomic E-state index is 14.2. The van der Waals surface area contributed by atoms with Crippen molar-refractivity contribution >= 4 is 11.5 Å². The Labute approximate surface area is 117 Å². The number of rotatable bonds is 3. The van der Waals surface area contributed by atoms with Crippen LogP contribution in [0.5, 0.6) is 0 Å². The maximum absolute atomic E-state index is 14.2. The number of nitrogens with one attached hydrogen (secondary N) is 1. The van der Waals surface area contributed by atoms with Gasteiger partial charge in [0.2, 0.25) is 0 Å². The fourth-order valence-electron chi connectivity index (χ4n) is 2.71. The maximum Gasteiger partial charge on any atom is 0.186 e. The van der Waals surface area contributed by atoms with Crippen LogP contribution in [0.15, 0.2) is 24.5 Å². The Morgan fingerprint density at radius 2 is 2.25 bits per heavy atom. The Bertz CT molecular complexity index is 642. The van der Waals surface area contributed by atoms with Crippen LogP contribution in [-0.2, 0) is 12.8 Å². The van der Waals surface area contributed by atoms with E-state index in [0.717, 1.165) is 18.5 Å². The molecule has 0 radical (unpaired) electrons. The van der Waals surface area contributed by atoms with Gasteiger partial charge >= 0.3 is 0 Å². The fourth-order valence-corrected chi connectivity index (χ4v) is 2.71. The summed E-state index contributed by atoms with van der Waals surface area (Å²) in [6, 6.07) is 5.96. The highest BCUT2D eigenvalue weighted by molar-refractivity contribution is 5.51. The molecule has 0 aliphatic heterocycles. The number of nitrogens with two attached hydrogens (primary N) is 1. The van der Waals surface area contributed by atoms with Crippen molar-refractivity contribution in [3.63, 3.8) is 0 Å². The topological polar surface area (TPSA) is 63.8 Å². The number of halogens is 1. The van der Waals surface area contributed by atoms with Crippen molar-refractivity contribution < 1.29 is 4.39 Å². The van der Waals surface area contributed by atoms with Crippen LogP contribution >= 0.6 is 0 Å². The summed E-state index contributed by atoms with van der Waals surface area (Å²) in [5.74, 6) is -0.0644. The lowest BCUT2D eigenvalue weighted by Crippen LogP contribution is -2.11. The average molecular weight is 272 g/mol. The van der Waals surface area contributed by atoms with E-state index in [1.165, 1.54) is 17.5 Å². The summed E-state index contributed by atoms with van der Waals surface area (Å²) in [6.45, 7) is 1.88. The lowest BCUT2D eigenvalue weighted by Gasteiger charge is -2.16. The number of fused-ring (bicyclic) bond motifs is 1. The lowest BCUT2D eigenvalue weighted by molar-refractivity contribution is 0.591. The van der Waals surface area contributed by atoms with Crippen LogP contribution in [0.3, 0.4) is 0 Å². The average Bonchev–Trinajstić information content (AvgIpc) is 2.83. The van der Waals surface area contributed by atoms with Gasteiger partial charge in [-0.2, -0.15) is 0 Å². The number of aryl methyl sites for hydroxylation is 2. The molecule has 20 heavy (non-hydrogen) atoms. The van der Waals surface area contributed by atoms with Gasteiger partial charge in [-0.25, -0.2) is 14.4 Å². The van der Waals surface area contributed by atoms with Crippen LogP contribution in [0.4, 0.5) is 15.9 Å².